The molecular weight excluding hydrogens is 414 g/mol. The summed E-state index contributed by atoms with van der Waals surface area (Å²) >= 11 is 0. The molecule has 3 rings (SSSR count). The summed E-state index contributed by atoms with van der Waals surface area (Å²) in [6.45, 7) is 0. The number of nitrogens with zero attached hydrogens (tertiary/aromatic N) is 5. The van der Waals surface area contributed by atoms with Crippen molar-refractivity contribution < 1.29 is 24.3 Å². The van der Waals surface area contributed by atoms with Crippen LogP contribution in [0.1, 0.15) is 0 Å². The maximum atomic E-state index is 11.7. The predicted molar refractivity (Wildman–Crippen MR) is 105 cm³/mol. The van der Waals surface area contributed by atoms with Gasteiger partial charge in [-0.2, -0.15) is 0 Å². The van der Waals surface area contributed by atoms with Gasteiger partial charge in [-0.15, -0.1) is 0 Å². The molecule has 0 atom stereocenters. The van der Waals surface area contributed by atoms with Gasteiger partial charge in [-0.05, 0) is 18.2 Å². The summed E-state index contributed by atoms with van der Waals surface area (Å²) in [7, 11) is 1.49. The monoisotopic (exact) mass is 426 g/mol. The number of nitro groups is 4. The summed E-state index contributed by atoms with van der Waals surface area (Å²) < 4.78 is 1.39. The third kappa shape index (κ3) is 3.62. The molecule has 0 fully saturated rings. The number of aromatic nitrogens is 1. The van der Waals surface area contributed by atoms with E-state index in [1.54, 1.807) is 0 Å². The first-order valence-corrected chi connectivity index (χ1v) is 8.48. The van der Waals surface area contributed by atoms with Crippen molar-refractivity contribution >= 4 is 22.7 Å². The summed E-state index contributed by atoms with van der Waals surface area (Å²) in [4.78, 5) is 42.4. The van der Waals surface area contributed by atoms with Gasteiger partial charge < -0.3 is 0 Å². The molecule has 0 bridgehead atoms. The third-order valence-corrected chi connectivity index (χ3v) is 4.51. The zero-order chi connectivity index (χ0) is 22.9. The van der Waals surface area contributed by atoms with Gasteiger partial charge in [0.15, 0.2) is 6.20 Å². The Hall–Kier alpha value is -4.81. The minimum atomic E-state index is -0.911. The Balaban J connectivity index is 2.47. The van der Waals surface area contributed by atoms with E-state index in [1.807, 2.05) is 0 Å². The Morgan fingerprint density at radius 3 is 1.55 bits per heavy atom. The number of hydrogen-bond acceptors (Lipinski definition) is 8. The summed E-state index contributed by atoms with van der Waals surface area (Å²) in [6, 6.07) is 9.87. The molecule has 0 spiro atoms. The van der Waals surface area contributed by atoms with Crippen molar-refractivity contribution in [3.05, 3.63) is 95.2 Å². The van der Waals surface area contributed by atoms with Crippen LogP contribution in [0.15, 0.2) is 54.7 Å². The minimum absolute atomic E-state index is 0.0431. The van der Waals surface area contributed by atoms with E-state index in [0.717, 1.165) is 12.1 Å². The second kappa shape index (κ2) is 7.90. The molecule has 0 radical (unpaired) electrons. The zero-order valence-corrected chi connectivity index (χ0v) is 15.7. The van der Waals surface area contributed by atoms with E-state index in [9.17, 15) is 40.5 Å². The van der Waals surface area contributed by atoms with Crippen molar-refractivity contribution in [3.8, 4) is 22.4 Å². The number of aryl methyl sites for hydroxylation is 1. The lowest BCUT2D eigenvalue weighted by atomic mass is 9.95. The number of hydrogen-bond donors (Lipinski definition) is 0. The Labute approximate surface area is 172 Å². The molecule has 0 aliphatic heterocycles. The molecule has 1 aromatic heterocycles. The Bertz CT molecular complexity index is 1270. The quantitative estimate of drug-likeness (QED) is 0.327. The van der Waals surface area contributed by atoms with Crippen molar-refractivity contribution in [2.24, 2.45) is 7.05 Å². The van der Waals surface area contributed by atoms with E-state index in [2.05, 4.69) is 0 Å². The summed E-state index contributed by atoms with van der Waals surface area (Å²) in [5.41, 5.74) is -3.34. The third-order valence-electron chi connectivity index (χ3n) is 4.51. The number of rotatable bonds is 6. The van der Waals surface area contributed by atoms with Gasteiger partial charge >= 0.3 is 22.7 Å². The average molecular weight is 426 g/mol. The highest BCUT2D eigenvalue weighted by Crippen LogP contribution is 2.43. The molecule has 2 aromatic carbocycles. The Morgan fingerprint density at radius 1 is 0.613 bits per heavy atom. The van der Waals surface area contributed by atoms with Crippen LogP contribution in [0.25, 0.3) is 22.4 Å². The molecule has 1 heterocycles. The van der Waals surface area contributed by atoms with Gasteiger partial charge in [0.1, 0.15) is 12.6 Å². The first-order valence-electron chi connectivity index (χ1n) is 8.48. The maximum absolute atomic E-state index is 11.7. The summed E-state index contributed by atoms with van der Waals surface area (Å²) in [6.07, 6.45) is 1.49. The molecule has 0 N–H and O–H groups in total. The number of para-hydroxylation sites is 2. The van der Waals surface area contributed by atoms with Gasteiger partial charge in [-0.25, -0.2) is 4.57 Å². The lowest BCUT2D eigenvalue weighted by molar-refractivity contribution is -0.660. The topological polar surface area (TPSA) is 176 Å². The first kappa shape index (κ1) is 20.9. The molecule has 13 heteroatoms. The number of pyridine rings is 1. The maximum Gasteiger partial charge on any atom is 0.359 e. The molecular formula is C18H12N5O8+. The van der Waals surface area contributed by atoms with Gasteiger partial charge in [-0.1, -0.05) is 12.1 Å². The van der Waals surface area contributed by atoms with Crippen LogP contribution < -0.4 is 4.57 Å². The fourth-order valence-electron chi connectivity index (χ4n) is 3.31. The van der Waals surface area contributed by atoms with E-state index in [-0.39, 0.29) is 22.4 Å². The van der Waals surface area contributed by atoms with Crippen LogP contribution in [0.3, 0.4) is 0 Å². The van der Waals surface area contributed by atoms with E-state index in [0.29, 0.717) is 0 Å². The van der Waals surface area contributed by atoms with E-state index in [4.69, 9.17) is 0 Å². The highest BCUT2D eigenvalue weighted by atomic mass is 16.6. The van der Waals surface area contributed by atoms with Crippen LogP contribution in [0.2, 0.25) is 0 Å². The van der Waals surface area contributed by atoms with Crippen LogP contribution in [0.4, 0.5) is 22.7 Å². The Kier molecular flexibility index (Phi) is 5.33. The van der Waals surface area contributed by atoms with Gasteiger partial charge in [0.25, 0.3) is 0 Å². The average Bonchev–Trinajstić information content (AvgIpc) is 2.72. The van der Waals surface area contributed by atoms with Gasteiger partial charge in [0.2, 0.25) is 5.69 Å². The van der Waals surface area contributed by atoms with Crippen molar-refractivity contribution in [1.29, 1.82) is 0 Å². The van der Waals surface area contributed by atoms with E-state index < -0.39 is 42.4 Å². The van der Waals surface area contributed by atoms with Gasteiger partial charge in [0.05, 0.1) is 30.8 Å². The van der Waals surface area contributed by atoms with Crippen LogP contribution in [0.5, 0.6) is 0 Å². The molecule has 0 aliphatic carbocycles. The van der Waals surface area contributed by atoms with Crippen molar-refractivity contribution in [2.45, 2.75) is 0 Å². The SMILES string of the molecule is C[n+]1cccc(-c2cccc([N+](=O)[O-])c2[N+](=O)[O-])c1-c1cccc([N+](=O)[O-])c1[N+](=O)[O-]. The predicted octanol–water partition coefficient (Wildman–Crippen LogP) is 3.48. The first-order chi connectivity index (χ1) is 14.6. The van der Waals surface area contributed by atoms with Crippen LogP contribution >= 0.6 is 0 Å². The second-order valence-corrected chi connectivity index (χ2v) is 6.26. The molecule has 3 aromatic rings. The highest BCUT2D eigenvalue weighted by molar-refractivity contribution is 5.90. The molecule has 0 saturated carbocycles. The second-order valence-electron chi connectivity index (χ2n) is 6.26. The zero-order valence-electron chi connectivity index (χ0n) is 15.7. The molecule has 0 amide bonds. The lowest BCUT2D eigenvalue weighted by Crippen LogP contribution is -2.31. The molecule has 31 heavy (non-hydrogen) atoms. The molecule has 0 aliphatic rings. The largest absolute Gasteiger partial charge is 0.359 e. The normalized spacial score (nSPS) is 10.5. The van der Waals surface area contributed by atoms with E-state index in [1.165, 1.54) is 54.2 Å². The number of nitro benzene ring substituents is 4. The van der Waals surface area contributed by atoms with Crippen LogP contribution in [0, 0.1) is 40.5 Å². The van der Waals surface area contributed by atoms with Crippen molar-refractivity contribution in [3.63, 3.8) is 0 Å². The molecule has 0 unspecified atom stereocenters. The molecule has 156 valence electrons. The van der Waals surface area contributed by atoms with Crippen LogP contribution in [-0.2, 0) is 7.05 Å². The smallest absolute Gasteiger partial charge is 0.258 e. The van der Waals surface area contributed by atoms with Gasteiger partial charge in [0, 0.05) is 18.2 Å². The minimum Gasteiger partial charge on any atom is -0.258 e. The summed E-state index contributed by atoms with van der Waals surface area (Å²) in [5, 5.41) is 46.0. The molecule has 0 saturated heterocycles. The van der Waals surface area contributed by atoms with Gasteiger partial charge in [-0.3, -0.25) is 40.5 Å². The lowest BCUT2D eigenvalue weighted by Gasteiger charge is -2.09. The fourth-order valence-corrected chi connectivity index (χ4v) is 3.31. The van der Waals surface area contributed by atoms with Crippen molar-refractivity contribution in [2.75, 3.05) is 0 Å². The van der Waals surface area contributed by atoms with Crippen LogP contribution in [-0.4, -0.2) is 19.7 Å². The standard InChI is InChI=1S/C18H12N5O8/c1-19-10-4-7-11(12-5-2-8-14(20(24)25)17(12)22(28)29)16(19)13-6-3-9-15(21(26)27)18(13)23(30)31/h2-10H,1H3/q+1. The highest BCUT2D eigenvalue weighted by Gasteiger charge is 2.37. The van der Waals surface area contributed by atoms with E-state index >= 15 is 0 Å². The summed E-state index contributed by atoms with van der Waals surface area (Å²) in [5.74, 6) is 0. The molecule has 13 nitrogen and oxygen atoms in total. The fraction of sp³-hybridized carbons (Fsp3) is 0.0556. The Morgan fingerprint density at radius 2 is 1.06 bits per heavy atom. The number of benzene rings is 2. The van der Waals surface area contributed by atoms with Crippen molar-refractivity contribution in [1.82, 2.24) is 0 Å².